The molecule has 1 amide bonds. The Morgan fingerprint density at radius 2 is 1.54 bits per heavy atom. The monoisotopic (exact) mass is 365 g/mol. The van der Waals surface area contributed by atoms with Crippen LogP contribution in [0.5, 0.6) is 0 Å². The van der Waals surface area contributed by atoms with E-state index in [-0.39, 0.29) is 17.4 Å². The van der Waals surface area contributed by atoms with E-state index in [2.05, 4.69) is 5.32 Å². The summed E-state index contributed by atoms with van der Waals surface area (Å²) in [5, 5.41) is 13.0. The van der Waals surface area contributed by atoms with Crippen LogP contribution in [0.3, 0.4) is 0 Å². The van der Waals surface area contributed by atoms with Crippen LogP contribution in [0.15, 0.2) is 60.7 Å². The molecule has 3 rings (SSSR count). The molecule has 1 heterocycles. The molecule has 0 aliphatic carbocycles. The van der Waals surface area contributed by atoms with Gasteiger partial charge in [-0.1, -0.05) is 62.4 Å². The average molecular weight is 365 g/mol. The quantitative estimate of drug-likeness (QED) is 0.628. The fourth-order valence-electron chi connectivity index (χ4n) is 2.80. The molecule has 3 aromatic rings. The molecular formula is C21H19NO3S. The minimum Gasteiger partial charge on any atom is -0.478 e. The maximum atomic E-state index is 12.5. The van der Waals surface area contributed by atoms with E-state index in [4.69, 9.17) is 0 Å². The number of rotatable bonds is 5. The van der Waals surface area contributed by atoms with E-state index >= 15 is 0 Å². The number of hydrogen-bond donors (Lipinski definition) is 2. The van der Waals surface area contributed by atoms with Gasteiger partial charge in [0, 0.05) is 16.0 Å². The van der Waals surface area contributed by atoms with Gasteiger partial charge in [-0.15, -0.1) is 11.3 Å². The smallest absolute Gasteiger partial charge is 0.339 e. The zero-order valence-corrected chi connectivity index (χ0v) is 15.3. The van der Waals surface area contributed by atoms with Crippen molar-refractivity contribution in [2.24, 2.45) is 0 Å². The number of aromatic carboxylic acids is 1. The fourth-order valence-corrected chi connectivity index (χ4v) is 4.02. The van der Waals surface area contributed by atoms with Gasteiger partial charge < -0.3 is 10.4 Å². The van der Waals surface area contributed by atoms with E-state index in [0.29, 0.717) is 16.1 Å². The van der Waals surface area contributed by atoms with E-state index < -0.39 is 5.97 Å². The Morgan fingerprint density at radius 3 is 2.08 bits per heavy atom. The van der Waals surface area contributed by atoms with Crippen LogP contribution >= 0.6 is 11.3 Å². The summed E-state index contributed by atoms with van der Waals surface area (Å²) in [5.74, 6) is -1.23. The van der Waals surface area contributed by atoms with Crippen molar-refractivity contribution in [3.8, 4) is 11.1 Å². The second-order valence-electron chi connectivity index (χ2n) is 6.19. The van der Waals surface area contributed by atoms with Crippen LogP contribution in [-0.4, -0.2) is 17.0 Å². The topological polar surface area (TPSA) is 66.4 Å². The first kappa shape index (κ1) is 17.9. The molecule has 0 saturated carbocycles. The van der Waals surface area contributed by atoms with Crippen LogP contribution in [-0.2, 0) is 0 Å². The molecule has 0 radical (unpaired) electrons. The van der Waals surface area contributed by atoms with E-state index in [1.54, 1.807) is 24.3 Å². The number of thiophene rings is 1. The van der Waals surface area contributed by atoms with Crippen molar-refractivity contribution in [2.75, 3.05) is 5.32 Å². The lowest BCUT2D eigenvalue weighted by atomic mass is 9.97. The van der Waals surface area contributed by atoms with Gasteiger partial charge in [-0.25, -0.2) is 4.79 Å². The van der Waals surface area contributed by atoms with Crippen molar-refractivity contribution < 1.29 is 14.7 Å². The number of anilines is 1. The summed E-state index contributed by atoms with van der Waals surface area (Å²) in [6, 6.07) is 18.2. The third kappa shape index (κ3) is 3.53. The van der Waals surface area contributed by atoms with E-state index in [9.17, 15) is 14.7 Å². The summed E-state index contributed by atoms with van der Waals surface area (Å²) < 4.78 is 0. The van der Waals surface area contributed by atoms with Crippen LogP contribution in [0.1, 0.15) is 45.4 Å². The highest BCUT2D eigenvalue weighted by atomic mass is 32.1. The maximum absolute atomic E-state index is 12.5. The molecule has 0 unspecified atom stereocenters. The predicted molar refractivity (Wildman–Crippen MR) is 105 cm³/mol. The summed E-state index contributed by atoms with van der Waals surface area (Å²) >= 11 is 1.33. The molecule has 5 heteroatoms. The van der Waals surface area contributed by atoms with E-state index in [0.717, 1.165) is 10.4 Å². The number of carbonyl (C=O) groups is 2. The molecule has 0 aliphatic heterocycles. The van der Waals surface area contributed by atoms with Crippen LogP contribution < -0.4 is 5.32 Å². The first-order valence-electron chi connectivity index (χ1n) is 8.30. The summed E-state index contributed by atoms with van der Waals surface area (Å²) in [5.41, 5.74) is 2.16. The van der Waals surface area contributed by atoms with Gasteiger partial charge in [-0.05, 0) is 23.6 Å². The third-order valence-electron chi connectivity index (χ3n) is 4.00. The Labute approximate surface area is 156 Å². The molecule has 0 spiro atoms. The molecule has 2 N–H and O–H groups in total. The average Bonchev–Trinajstić information content (AvgIpc) is 3.03. The summed E-state index contributed by atoms with van der Waals surface area (Å²) in [4.78, 5) is 25.5. The van der Waals surface area contributed by atoms with Crippen LogP contribution in [0, 0.1) is 0 Å². The normalized spacial score (nSPS) is 10.7. The van der Waals surface area contributed by atoms with Gasteiger partial charge in [0.25, 0.3) is 5.91 Å². The van der Waals surface area contributed by atoms with E-state index in [1.165, 1.54) is 11.3 Å². The zero-order chi connectivity index (χ0) is 18.7. The number of hydrogen-bond acceptors (Lipinski definition) is 3. The van der Waals surface area contributed by atoms with Gasteiger partial charge in [-0.3, -0.25) is 4.79 Å². The van der Waals surface area contributed by atoms with Crippen LogP contribution in [0.4, 0.5) is 5.00 Å². The molecule has 132 valence electrons. The molecule has 4 nitrogen and oxygen atoms in total. The minimum atomic E-state index is -1.05. The number of nitrogens with one attached hydrogen (secondary N) is 1. The summed E-state index contributed by atoms with van der Waals surface area (Å²) in [7, 11) is 0. The van der Waals surface area contributed by atoms with Crippen molar-refractivity contribution in [1.29, 1.82) is 0 Å². The van der Waals surface area contributed by atoms with Crippen molar-refractivity contribution in [3.63, 3.8) is 0 Å². The van der Waals surface area contributed by atoms with Gasteiger partial charge in [0.2, 0.25) is 0 Å². The third-order valence-corrected chi connectivity index (χ3v) is 5.40. The van der Waals surface area contributed by atoms with Crippen molar-refractivity contribution in [3.05, 3.63) is 76.7 Å². The van der Waals surface area contributed by atoms with Crippen LogP contribution in [0.2, 0.25) is 0 Å². The lowest BCUT2D eigenvalue weighted by Gasteiger charge is -2.08. The van der Waals surface area contributed by atoms with Crippen molar-refractivity contribution >= 4 is 28.2 Å². The SMILES string of the molecule is CC(C)c1sc(NC(=O)c2ccccc2)c(C(=O)O)c1-c1ccccc1. The van der Waals surface area contributed by atoms with E-state index in [1.807, 2.05) is 50.2 Å². The van der Waals surface area contributed by atoms with Gasteiger partial charge in [-0.2, -0.15) is 0 Å². The fraction of sp³-hybridized carbons (Fsp3) is 0.143. The Balaban J connectivity index is 2.11. The molecule has 0 bridgehead atoms. The number of carboxylic acid groups (broad SMARTS) is 1. The van der Waals surface area contributed by atoms with Gasteiger partial charge >= 0.3 is 5.97 Å². The summed E-state index contributed by atoms with van der Waals surface area (Å²) in [6.45, 7) is 4.04. The molecule has 0 fully saturated rings. The Morgan fingerprint density at radius 1 is 0.962 bits per heavy atom. The van der Waals surface area contributed by atoms with Crippen molar-refractivity contribution in [1.82, 2.24) is 0 Å². The van der Waals surface area contributed by atoms with Gasteiger partial charge in [0.1, 0.15) is 10.6 Å². The second-order valence-corrected chi connectivity index (χ2v) is 7.24. The summed E-state index contributed by atoms with van der Waals surface area (Å²) in [6.07, 6.45) is 0. The Hall–Kier alpha value is -2.92. The van der Waals surface area contributed by atoms with Gasteiger partial charge in [0.05, 0.1) is 0 Å². The highest BCUT2D eigenvalue weighted by Crippen LogP contribution is 2.44. The Kier molecular flexibility index (Phi) is 5.19. The minimum absolute atomic E-state index is 0.135. The lowest BCUT2D eigenvalue weighted by molar-refractivity contribution is 0.0699. The standard InChI is InChI=1S/C21H19NO3S/c1-13(2)18-16(14-9-5-3-6-10-14)17(21(24)25)20(26-18)22-19(23)15-11-7-4-8-12-15/h3-13H,1-2H3,(H,22,23)(H,24,25). The molecule has 0 saturated heterocycles. The molecule has 0 atom stereocenters. The first-order valence-corrected chi connectivity index (χ1v) is 9.12. The highest BCUT2D eigenvalue weighted by molar-refractivity contribution is 7.17. The largest absolute Gasteiger partial charge is 0.478 e. The van der Waals surface area contributed by atoms with Crippen molar-refractivity contribution in [2.45, 2.75) is 19.8 Å². The molecule has 2 aromatic carbocycles. The number of carbonyl (C=O) groups excluding carboxylic acids is 1. The highest BCUT2D eigenvalue weighted by Gasteiger charge is 2.27. The lowest BCUT2D eigenvalue weighted by Crippen LogP contribution is -2.13. The Bertz CT molecular complexity index is 931. The second kappa shape index (κ2) is 7.54. The van der Waals surface area contributed by atoms with Gasteiger partial charge in [0.15, 0.2) is 0 Å². The molecule has 1 aromatic heterocycles. The number of benzene rings is 2. The first-order chi connectivity index (χ1) is 12.5. The molecule has 0 aliphatic rings. The maximum Gasteiger partial charge on any atom is 0.339 e. The van der Waals surface area contributed by atoms with Crippen LogP contribution in [0.25, 0.3) is 11.1 Å². The number of amides is 1. The zero-order valence-electron chi connectivity index (χ0n) is 14.5. The number of carboxylic acids is 1. The molecular weight excluding hydrogens is 346 g/mol. The molecule has 26 heavy (non-hydrogen) atoms. The predicted octanol–water partition coefficient (Wildman–Crippen LogP) is 5.49.